The van der Waals surface area contributed by atoms with E-state index in [2.05, 4.69) is 24.6 Å². The first-order valence-electron chi connectivity index (χ1n) is 7.11. The second kappa shape index (κ2) is 6.44. The predicted molar refractivity (Wildman–Crippen MR) is 75.8 cm³/mol. The van der Waals surface area contributed by atoms with Crippen molar-refractivity contribution in [3.05, 3.63) is 0 Å². The van der Waals surface area contributed by atoms with Gasteiger partial charge in [-0.05, 0) is 49.8 Å². The zero-order valence-corrected chi connectivity index (χ0v) is 12.1. The van der Waals surface area contributed by atoms with Gasteiger partial charge in [0.15, 0.2) is 0 Å². The summed E-state index contributed by atoms with van der Waals surface area (Å²) in [6.45, 7) is 4.38. The first kappa shape index (κ1) is 13.7. The normalized spacial score (nSPS) is 28.8. The Morgan fingerprint density at radius 2 is 2.06 bits per heavy atom. The van der Waals surface area contributed by atoms with E-state index in [0.29, 0.717) is 5.41 Å². The van der Waals surface area contributed by atoms with Crippen molar-refractivity contribution in [3.8, 4) is 0 Å². The van der Waals surface area contributed by atoms with Crippen LogP contribution in [-0.4, -0.2) is 44.0 Å². The molecule has 0 aromatic carbocycles. The fourth-order valence-electron chi connectivity index (χ4n) is 3.52. The molecular formula is C14H27NOS. The Balaban J connectivity index is 1.77. The van der Waals surface area contributed by atoms with Gasteiger partial charge in [0, 0.05) is 19.7 Å². The minimum absolute atomic E-state index is 0.507. The zero-order chi connectivity index (χ0) is 12.1. The molecule has 0 radical (unpaired) electrons. The van der Waals surface area contributed by atoms with Crippen LogP contribution >= 0.6 is 12.6 Å². The van der Waals surface area contributed by atoms with Gasteiger partial charge in [-0.1, -0.05) is 12.8 Å². The lowest BCUT2D eigenvalue weighted by atomic mass is 9.87. The maximum absolute atomic E-state index is 5.56. The maximum Gasteiger partial charge on any atom is 0.0506 e. The average molecular weight is 257 g/mol. The highest BCUT2D eigenvalue weighted by atomic mass is 32.1. The van der Waals surface area contributed by atoms with Crippen molar-refractivity contribution < 1.29 is 4.74 Å². The van der Waals surface area contributed by atoms with E-state index in [9.17, 15) is 0 Å². The number of hydrogen-bond donors (Lipinski definition) is 1. The number of thiol groups is 1. The van der Waals surface area contributed by atoms with E-state index in [0.717, 1.165) is 24.9 Å². The highest BCUT2D eigenvalue weighted by Crippen LogP contribution is 2.39. The van der Waals surface area contributed by atoms with E-state index in [1.807, 2.05) is 0 Å². The van der Waals surface area contributed by atoms with Gasteiger partial charge in [-0.3, -0.25) is 0 Å². The molecule has 2 fully saturated rings. The van der Waals surface area contributed by atoms with Crippen molar-refractivity contribution in [1.29, 1.82) is 0 Å². The summed E-state index contributed by atoms with van der Waals surface area (Å²) in [5.74, 6) is 1.81. The molecule has 1 aliphatic carbocycles. The van der Waals surface area contributed by atoms with Gasteiger partial charge in [0.2, 0.25) is 0 Å². The summed E-state index contributed by atoms with van der Waals surface area (Å²) in [7, 11) is 2.28. The van der Waals surface area contributed by atoms with E-state index in [4.69, 9.17) is 4.74 Å². The second-order valence-corrected chi connectivity index (χ2v) is 6.46. The first-order valence-corrected chi connectivity index (χ1v) is 7.74. The standard InChI is InChI=1S/C14H27NOS/c1-15(9-13-5-4-8-16-10-13)11-14(12-17)6-2-3-7-14/h13,17H,2-12H2,1H3. The summed E-state index contributed by atoms with van der Waals surface area (Å²) in [6, 6.07) is 0. The lowest BCUT2D eigenvalue weighted by molar-refractivity contribution is 0.0370. The number of hydrogen-bond acceptors (Lipinski definition) is 3. The summed E-state index contributed by atoms with van der Waals surface area (Å²) in [5.41, 5.74) is 0.507. The van der Waals surface area contributed by atoms with Gasteiger partial charge in [-0.2, -0.15) is 12.6 Å². The van der Waals surface area contributed by atoms with Crippen LogP contribution in [0.25, 0.3) is 0 Å². The van der Waals surface area contributed by atoms with Crippen LogP contribution in [0.4, 0.5) is 0 Å². The minimum atomic E-state index is 0.507. The van der Waals surface area contributed by atoms with Crippen molar-refractivity contribution in [1.82, 2.24) is 4.90 Å². The lowest BCUT2D eigenvalue weighted by Crippen LogP contribution is -2.39. The molecule has 0 aromatic heterocycles. The molecule has 2 aliphatic rings. The molecule has 1 atom stereocenters. The number of rotatable bonds is 5. The predicted octanol–water partition coefficient (Wildman–Crippen LogP) is 2.84. The Bertz CT molecular complexity index is 222. The van der Waals surface area contributed by atoms with Gasteiger partial charge in [-0.25, -0.2) is 0 Å². The molecule has 1 unspecified atom stereocenters. The zero-order valence-electron chi connectivity index (χ0n) is 11.2. The molecule has 0 spiro atoms. The van der Waals surface area contributed by atoms with Crippen LogP contribution in [0.15, 0.2) is 0 Å². The third-order valence-electron chi connectivity index (χ3n) is 4.43. The summed E-state index contributed by atoms with van der Waals surface area (Å²) in [5, 5.41) is 0. The van der Waals surface area contributed by atoms with Crippen LogP contribution in [0, 0.1) is 11.3 Å². The molecule has 0 bridgehead atoms. The highest BCUT2D eigenvalue weighted by molar-refractivity contribution is 7.80. The molecule has 1 saturated heterocycles. The summed E-state index contributed by atoms with van der Waals surface area (Å²) in [6.07, 6.45) is 8.15. The fraction of sp³-hybridized carbons (Fsp3) is 1.00. The molecule has 2 nitrogen and oxygen atoms in total. The monoisotopic (exact) mass is 257 g/mol. The summed E-state index contributed by atoms with van der Waals surface area (Å²) in [4.78, 5) is 2.53. The van der Waals surface area contributed by atoms with Gasteiger partial charge in [0.05, 0.1) is 6.61 Å². The Kier molecular flexibility index (Phi) is 5.19. The van der Waals surface area contributed by atoms with E-state index in [1.54, 1.807) is 0 Å². The van der Waals surface area contributed by atoms with E-state index >= 15 is 0 Å². The first-order chi connectivity index (χ1) is 8.24. The van der Waals surface area contributed by atoms with Crippen LogP contribution in [0.1, 0.15) is 38.5 Å². The second-order valence-electron chi connectivity index (χ2n) is 6.15. The van der Waals surface area contributed by atoms with Crippen LogP contribution in [0.2, 0.25) is 0 Å². The average Bonchev–Trinajstić information content (AvgIpc) is 2.79. The molecule has 0 amide bonds. The summed E-state index contributed by atoms with van der Waals surface area (Å²) < 4.78 is 5.56. The third-order valence-corrected chi connectivity index (χ3v) is 5.10. The molecule has 1 heterocycles. The van der Waals surface area contributed by atoms with Gasteiger partial charge in [0.1, 0.15) is 0 Å². The molecule has 0 N–H and O–H groups in total. The van der Waals surface area contributed by atoms with Gasteiger partial charge in [-0.15, -0.1) is 0 Å². The van der Waals surface area contributed by atoms with Crippen LogP contribution in [0.5, 0.6) is 0 Å². The third kappa shape index (κ3) is 3.87. The van der Waals surface area contributed by atoms with Crippen molar-refractivity contribution >= 4 is 12.6 Å². The van der Waals surface area contributed by atoms with Crippen molar-refractivity contribution in [2.75, 3.05) is 39.1 Å². The molecule has 0 aromatic rings. The molecule has 100 valence electrons. The maximum atomic E-state index is 5.56. The van der Waals surface area contributed by atoms with Crippen LogP contribution < -0.4 is 0 Å². The van der Waals surface area contributed by atoms with Gasteiger partial charge < -0.3 is 9.64 Å². The Labute approximate surface area is 112 Å². The van der Waals surface area contributed by atoms with Crippen molar-refractivity contribution in [2.45, 2.75) is 38.5 Å². The van der Waals surface area contributed by atoms with E-state index in [1.165, 1.54) is 51.6 Å². The van der Waals surface area contributed by atoms with E-state index < -0.39 is 0 Å². The number of ether oxygens (including phenoxy) is 1. The minimum Gasteiger partial charge on any atom is -0.381 e. The molecule has 1 saturated carbocycles. The largest absolute Gasteiger partial charge is 0.381 e. The van der Waals surface area contributed by atoms with E-state index in [-0.39, 0.29) is 0 Å². The Morgan fingerprint density at radius 1 is 1.29 bits per heavy atom. The Morgan fingerprint density at radius 3 is 2.65 bits per heavy atom. The quantitative estimate of drug-likeness (QED) is 0.760. The molecule has 17 heavy (non-hydrogen) atoms. The molecule has 2 rings (SSSR count). The molecular weight excluding hydrogens is 230 g/mol. The van der Waals surface area contributed by atoms with Gasteiger partial charge >= 0.3 is 0 Å². The van der Waals surface area contributed by atoms with Crippen molar-refractivity contribution in [2.24, 2.45) is 11.3 Å². The van der Waals surface area contributed by atoms with Gasteiger partial charge in [0.25, 0.3) is 0 Å². The fourth-order valence-corrected chi connectivity index (χ4v) is 3.94. The molecule has 1 aliphatic heterocycles. The highest BCUT2D eigenvalue weighted by Gasteiger charge is 2.33. The summed E-state index contributed by atoms with van der Waals surface area (Å²) >= 11 is 4.59. The molecule has 3 heteroatoms. The lowest BCUT2D eigenvalue weighted by Gasteiger charge is -2.34. The topological polar surface area (TPSA) is 12.5 Å². The van der Waals surface area contributed by atoms with Crippen LogP contribution in [-0.2, 0) is 4.74 Å². The van der Waals surface area contributed by atoms with Crippen molar-refractivity contribution in [3.63, 3.8) is 0 Å². The Hall–Kier alpha value is 0.270. The smallest absolute Gasteiger partial charge is 0.0506 e. The number of nitrogens with zero attached hydrogens (tertiary/aromatic N) is 1. The SMILES string of the molecule is CN(CC1CCCOC1)CC1(CS)CCCC1. The van der Waals surface area contributed by atoms with Crippen LogP contribution in [0.3, 0.4) is 0 Å².